The first-order chi connectivity index (χ1) is 5.09. The van der Waals surface area contributed by atoms with Crippen molar-refractivity contribution in [1.82, 2.24) is 5.32 Å². The molecule has 3 atom stereocenters. The second kappa shape index (κ2) is 3.06. The van der Waals surface area contributed by atoms with Gasteiger partial charge in [0, 0.05) is 0 Å². The van der Waals surface area contributed by atoms with Crippen molar-refractivity contribution in [2.75, 3.05) is 20.3 Å². The predicted octanol–water partition coefficient (Wildman–Crippen LogP) is -1.28. The molecule has 0 amide bonds. The Morgan fingerprint density at radius 1 is 1.55 bits per heavy atom. The van der Waals surface area contributed by atoms with Gasteiger partial charge in [-0.25, -0.2) is 0 Å². The first-order valence-corrected chi connectivity index (χ1v) is 3.74. The van der Waals surface area contributed by atoms with Gasteiger partial charge in [0.15, 0.2) is 0 Å². The zero-order valence-corrected chi connectivity index (χ0v) is 6.87. The molecule has 1 fully saturated rings. The van der Waals surface area contributed by atoms with E-state index in [4.69, 9.17) is 4.74 Å². The number of aliphatic hydroxyl groups is 2. The molecular formula is C7H15NO3. The van der Waals surface area contributed by atoms with E-state index in [9.17, 15) is 10.2 Å². The van der Waals surface area contributed by atoms with E-state index in [2.05, 4.69) is 5.32 Å². The Morgan fingerprint density at radius 3 is 2.64 bits per heavy atom. The van der Waals surface area contributed by atoms with Gasteiger partial charge in [0.1, 0.15) is 11.7 Å². The minimum Gasteiger partial charge on any atom is -0.388 e. The third-order valence-electron chi connectivity index (χ3n) is 2.29. The Bertz CT molecular complexity index is 138. The molecule has 0 aromatic rings. The summed E-state index contributed by atoms with van der Waals surface area (Å²) in [4.78, 5) is 0. The van der Waals surface area contributed by atoms with Crippen LogP contribution in [0.4, 0.5) is 0 Å². The molecule has 0 bridgehead atoms. The molecule has 4 heteroatoms. The molecule has 0 aromatic heterocycles. The molecule has 1 aliphatic heterocycles. The summed E-state index contributed by atoms with van der Waals surface area (Å²) < 4.78 is 5.05. The SMILES string of the molecule is CNC1COCC(O)C1(C)O. The molecule has 0 aliphatic carbocycles. The van der Waals surface area contributed by atoms with Crippen LogP contribution in [0.1, 0.15) is 6.92 Å². The molecule has 4 nitrogen and oxygen atoms in total. The molecule has 0 aromatic carbocycles. The minimum atomic E-state index is -1.08. The molecule has 0 saturated carbocycles. The maximum atomic E-state index is 9.71. The lowest BCUT2D eigenvalue weighted by atomic mass is 9.89. The van der Waals surface area contributed by atoms with Crippen LogP contribution in [0, 0.1) is 0 Å². The van der Waals surface area contributed by atoms with Gasteiger partial charge < -0.3 is 20.3 Å². The molecule has 1 heterocycles. The van der Waals surface area contributed by atoms with Crippen molar-refractivity contribution in [3.63, 3.8) is 0 Å². The van der Waals surface area contributed by atoms with Gasteiger partial charge in [-0.05, 0) is 14.0 Å². The summed E-state index contributed by atoms with van der Waals surface area (Å²) in [6, 6.07) is -0.189. The van der Waals surface area contributed by atoms with Crippen LogP contribution >= 0.6 is 0 Å². The highest BCUT2D eigenvalue weighted by Gasteiger charge is 2.41. The Kier molecular flexibility index (Phi) is 2.49. The monoisotopic (exact) mass is 161 g/mol. The molecule has 1 saturated heterocycles. The van der Waals surface area contributed by atoms with E-state index in [0.717, 1.165) is 0 Å². The first kappa shape index (κ1) is 8.93. The van der Waals surface area contributed by atoms with Crippen molar-refractivity contribution in [1.29, 1.82) is 0 Å². The lowest BCUT2D eigenvalue weighted by Crippen LogP contribution is -2.61. The van der Waals surface area contributed by atoms with Gasteiger partial charge in [-0.3, -0.25) is 0 Å². The van der Waals surface area contributed by atoms with Crippen molar-refractivity contribution in [3.05, 3.63) is 0 Å². The topological polar surface area (TPSA) is 61.7 Å². The second-order valence-electron chi connectivity index (χ2n) is 3.12. The van der Waals surface area contributed by atoms with Crippen molar-refractivity contribution in [2.24, 2.45) is 0 Å². The average Bonchev–Trinajstić information content (AvgIpc) is 1.95. The van der Waals surface area contributed by atoms with Gasteiger partial charge >= 0.3 is 0 Å². The maximum absolute atomic E-state index is 9.71. The number of ether oxygens (including phenoxy) is 1. The Labute approximate surface area is 66.2 Å². The zero-order chi connectivity index (χ0) is 8.48. The smallest absolute Gasteiger partial charge is 0.107 e. The fourth-order valence-electron chi connectivity index (χ4n) is 1.24. The van der Waals surface area contributed by atoms with Crippen LogP contribution in [-0.4, -0.2) is 48.2 Å². The van der Waals surface area contributed by atoms with Crippen molar-refractivity contribution in [3.8, 4) is 0 Å². The van der Waals surface area contributed by atoms with E-state index in [-0.39, 0.29) is 12.6 Å². The van der Waals surface area contributed by atoms with Gasteiger partial charge in [-0.15, -0.1) is 0 Å². The normalized spacial score (nSPS) is 45.8. The average molecular weight is 161 g/mol. The highest BCUT2D eigenvalue weighted by molar-refractivity contribution is 4.95. The lowest BCUT2D eigenvalue weighted by molar-refractivity contribution is -0.160. The van der Waals surface area contributed by atoms with Crippen LogP contribution < -0.4 is 5.32 Å². The van der Waals surface area contributed by atoms with E-state index in [1.807, 2.05) is 0 Å². The van der Waals surface area contributed by atoms with Gasteiger partial charge in [-0.1, -0.05) is 0 Å². The van der Waals surface area contributed by atoms with E-state index in [1.165, 1.54) is 0 Å². The number of hydrogen-bond donors (Lipinski definition) is 3. The van der Waals surface area contributed by atoms with Gasteiger partial charge in [-0.2, -0.15) is 0 Å². The molecule has 66 valence electrons. The standard InChI is InChI=1S/C7H15NO3/c1-7(10)5(8-2)3-11-4-6(7)9/h5-6,8-10H,3-4H2,1-2H3. The lowest BCUT2D eigenvalue weighted by Gasteiger charge is -2.40. The molecule has 11 heavy (non-hydrogen) atoms. The molecule has 1 aliphatic rings. The summed E-state index contributed by atoms with van der Waals surface area (Å²) in [7, 11) is 1.74. The zero-order valence-electron chi connectivity index (χ0n) is 6.87. The van der Waals surface area contributed by atoms with Crippen molar-refractivity contribution < 1.29 is 14.9 Å². The highest BCUT2D eigenvalue weighted by atomic mass is 16.5. The largest absolute Gasteiger partial charge is 0.388 e. The van der Waals surface area contributed by atoms with E-state index in [0.29, 0.717) is 6.61 Å². The summed E-state index contributed by atoms with van der Waals surface area (Å²) in [5, 5.41) is 21.9. The number of nitrogens with one attached hydrogen (secondary N) is 1. The number of likely N-dealkylation sites (N-methyl/N-ethyl adjacent to an activating group) is 1. The number of hydrogen-bond acceptors (Lipinski definition) is 4. The van der Waals surface area contributed by atoms with Crippen molar-refractivity contribution >= 4 is 0 Å². The summed E-state index contributed by atoms with van der Waals surface area (Å²) in [6.07, 6.45) is -0.798. The Hall–Kier alpha value is -0.160. The molecule has 0 spiro atoms. The number of rotatable bonds is 1. The molecule has 1 rings (SSSR count). The van der Waals surface area contributed by atoms with Crippen LogP contribution in [0.25, 0.3) is 0 Å². The van der Waals surface area contributed by atoms with Crippen LogP contribution in [0.15, 0.2) is 0 Å². The van der Waals surface area contributed by atoms with Gasteiger partial charge in [0.25, 0.3) is 0 Å². The summed E-state index contributed by atoms with van der Waals surface area (Å²) in [6.45, 7) is 2.27. The Morgan fingerprint density at radius 2 is 2.18 bits per heavy atom. The van der Waals surface area contributed by atoms with Gasteiger partial charge in [0.05, 0.1) is 19.3 Å². The first-order valence-electron chi connectivity index (χ1n) is 3.74. The van der Waals surface area contributed by atoms with E-state index < -0.39 is 11.7 Å². The van der Waals surface area contributed by atoms with Crippen LogP contribution in [0.5, 0.6) is 0 Å². The summed E-state index contributed by atoms with van der Waals surface area (Å²) in [5.41, 5.74) is -1.08. The van der Waals surface area contributed by atoms with Gasteiger partial charge in [0.2, 0.25) is 0 Å². The predicted molar refractivity (Wildman–Crippen MR) is 40.3 cm³/mol. The molecule has 3 unspecified atom stereocenters. The van der Waals surface area contributed by atoms with E-state index >= 15 is 0 Å². The minimum absolute atomic E-state index is 0.189. The van der Waals surface area contributed by atoms with Crippen LogP contribution in [0.2, 0.25) is 0 Å². The highest BCUT2D eigenvalue weighted by Crippen LogP contribution is 2.20. The molecule has 0 radical (unpaired) electrons. The van der Waals surface area contributed by atoms with Crippen LogP contribution in [-0.2, 0) is 4.74 Å². The van der Waals surface area contributed by atoms with Crippen LogP contribution in [0.3, 0.4) is 0 Å². The fraction of sp³-hybridized carbons (Fsp3) is 1.00. The fourth-order valence-corrected chi connectivity index (χ4v) is 1.24. The molecule has 3 N–H and O–H groups in total. The summed E-state index contributed by atoms with van der Waals surface area (Å²) in [5.74, 6) is 0. The van der Waals surface area contributed by atoms with Crippen molar-refractivity contribution in [2.45, 2.75) is 24.7 Å². The van der Waals surface area contributed by atoms with E-state index in [1.54, 1.807) is 14.0 Å². The third kappa shape index (κ3) is 1.54. The second-order valence-corrected chi connectivity index (χ2v) is 3.12. The maximum Gasteiger partial charge on any atom is 0.107 e. The Balaban J connectivity index is 2.64. The quantitative estimate of drug-likeness (QED) is 0.448. The number of aliphatic hydroxyl groups excluding tert-OH is 1. The molecular weight excluding hydrogens is 146 g/mol. The summed E-state index contributed by atoms with van der Waals surface area (Å²) >= 11 is 0. The third-order valence-corrected chi connectivity index (χ3v) is 2.29.